The third-order valence-electron chi connectivity index (χ3n) is 2.00. The van der Waals surface area contributed by atoms with Crippen LogP contribution in [-0.4, -0.2) is 15.0 Å². The summed E-state index contributed by atoms with van der Waals surface area (Å²) in [5.74, 6) is 0. The largest absolute Gasteiger partial charge is 0.245 e. The van der Waals surface area contributed by atoms with Crippen molar-refractivity contribution in [3.05, 3.63) is 11.4 Å². The van der Waals surface area contributed by atoms with Crippen LogP contribution >= 0.6 is 34.8 Å². The minimum absolute atomic E-state index is 0.608. The van der Waals surface area contributed by atoms with E-state index < -0.39 is 3.79 Å². The topological polar surface area (TPSA) is 30.7 Å². The molecule has 0 N–H and O–H groups in total. The highest BCUT2D eigenvalue weighted by Gasteiger charge is 2.31. The van der Waals surface area contributed by atoms with Crippen LogP contribution in [-0.2, 0) is 16.8 Å². The molecular formula is C9H14Cl3N3. The number of hydrogen-bond donors (Lipinski definition) is 0. The van der Waals surface area contributed by atoms with Crippen molar-refractivity contribution in [1.29, 1.82) is 0 Å². The lowest BCUT2D eigenvalue weighted by molar-refractivity contribution is 0.558. The summed E-state index contributed by atoms with van der Waals surface area (Å²) in [4.78, 5) is 0. The molecule has 0 amide bonds. The van der Waals surface area contributed by atoms with E-state index in [-0.39, 0.29) is 0 Å². The Balaban J connectivity index is 3.08. The fourth-order valence-electron chi connectivity index (χ4n) is 1.43. The second kappa shape index (κ2) is 5.37. The van der Waals surface area contributed by atoms with Gasteiger partial charge in [-0.15, -0.1) is 5.10 Å². The summed E-state index contributed by atoms with van der Waals surface area (Å²) < 4.78 is 0.237. The van der Waals surface area contributed by atoms with Gasteiger partial charge in [-0.05, 0) is 12.8 Å². The summed E-state index contributed by atoms with van der Waals surface area (Å²) in [6.45, 7) is 4.82. The van der Waals surface area contributed by atoms with Gasteiger partial charge in [0, 0.05) is 6.54 Å². The molecule has 1 rings (SSSR count). The van der Waals surface area contributed by atoms with Gasteiger partial charge in [0.15, 0.2) is 0 Å². The summed E-state index contributed by atoms with van der Waals surface area (Å²) >= 11 is 17.7. The van der Waals surface area contributed by atoms with Crippen LogP contribution in [0.25, 0.3) is 0 Å². The van der Waals surface area contributed by atoms with Gasteiger partial charge < -0.3 is 0 Å². The van der Waals surface area contributed by atoms with Crippen LogP contribution < -0.4 is 0 Å². The van der Waals surface area contributed by atoms with Crippen LogP contribution in [0, 0.1) is 0 Å². The van der Waals surface area contributed by atoms with Crippen molar-refractivity contribution in [3.63, 3.8) is 0 Å². The van der Waals surface area contributed by atoms with Gasteiger partial charge in [0.25, 0.3) is 0 Å². The zero-order chi connectivity index (χ0) is 11.5. The van der Waals surface area contributed by atoms with Gasteiger partial charge in [0.05, 0.1) is 5.69 Å². The van der Waals surface area contributed by atoms with Crippen molar-refractivity contribution in [2.75, 3.05) is 0 Å². The van der Waals surface area contributed by atoms with E-state index >= 15 is 0 Å². The van der Waals surface area contributed by atoms with Crippen molar-refractivity contribution < 1.29 is 0 Å². The Morgan fingerprint density at radius 3 is 2.33 bits per heavy atom. The van der Waals surface area contributed by atoms with E-state index in [0.29, 0.717) is 5.69 Å². The molecule has 0 aliphatic carbocycles. The highest BCUT2D eigenvalue weighted by Crippen LogP contribution is 2.39. The number of aromatic nitrogens is 3. The summed E-state index contributed by atoms with van der Waals surface area (Å²) in [6.07, 6.45) is 2.67. The second-order valence-electron chi connectivity index (χ2n) is 3.36. The second-order valence-corrected chi connectivity index (χ2v) is 5.64. The van der Waals surface area contributed by atoms with Crippen LogP contribution in [0.2, 0.25) is 0 Å². The smallest absolute Gasteiger partial charge is 0.234 e. The molecule has 1 aromatic rings. The Labute approximate surface area is 105 Å². The van der Waals surface area contributed by atoms with E-state index in [2.05, 4.69) is 17.2 Å². The first kappa shape index (κ1) is 13.1. The monoisotopic (exact) mass is 269 g/mol. The van der Waals surface area contributed by atoms with Crippen LogP contribution in [0.5, 0.6) is 0 Å². The van der Waals surface area contributed by atoms with Crippen molar-refractivity contribution in [3.8, 4) is 0 Å². The first-order chi connectivity index (χ1) is 7.00. The third-order valence-corrected chi connectivity index (χ3v) is 2.53. The summed E-state index contributed by atoms with van der Waals surface area (Å²) in [5.41, 5.74) is 1.39. The minimum atomic E-state index is -1.44. The molecule has 0 radical (unpaired) electrons. The van der Waals surface area contributed by atoms with E-state index in [9.17, 15) is 0 Å². The van der Waals surface area contributed by atoms with Gasteiger partial charge in [-0.1, -0.05) is 60.3 Å². The summed E-state index contributed by atoms with van der Waals surface area (Å²) in [6, 6.07) is 0. The van der Waals surface area contributed by atoms with Crippen LogP contribution in [0.15, 0.2) is 0 Å². The van der Waals surface area contributed by atoms with Gasteiger partial charge in [-0.25, -0.2) is 4.68 Å². The fraction of sp³-hybridized carbons (Fsp3) is 0.778. The van der Waals surface area contributed by atoms with Gasteiger partial charge in [0.1, 0.15) is 5.69 Å². The van der Waals surface area contributed by atoms with Crippen molar-refractivity contribution >= 4 is 34.8 Å². The molecule has 15 heavy (non-hydrogen) atoms. The molecule has 0 saturated heterocycles. The maximum atomic E-state index is 5.91. The van der Waals surface area contributed by atoms with Crippen molar-refractivity contribution in [2.45, 2.75) is 43.4 Å². The summed E-state index contributed by atoms with van der Waals surface area (Å²) in [5, 5.41) is 8.05. The molecule has 0 unspecified atom stereocenters. The fourth-order valence-corrected chi connectivity index (χ4v) is 2.05. The third kappa shape index (κ3) is 3.23. The first-order valence-electron chi connectivity index (χ1n) is 5.00. The summed E-state index contributed by atoms with van der Waals surface area (Å²) in [7, 11) is 0. The molecule has 0 fully saturated rings. The van der Waals surface area contributed by atoms with E-state index in [1.807, 2.05) is 6.92 Å². The quantitative estimate of drug-likeness (QED) is 0.785. The lowest BCUT2D eigenvalue weighted by Gasteiger charge is -2.14. The maximum absolute atomic E-state index is 5.91. The Morgan fingerprint density at radius 1 is 1.20 bits per heavy atom. The van der Waals surface area contributed by atoms with E-state index in [4.69, 9.17) is 34.8 Å². The number of hydrogen-bond acceptors (Lipinski definition) is 2. The lowest BCUT2D eigenvalue weighted by Crippen LogP contribution is -2.13. The first-order valence-corrected chi connectivity index (χ1v) is 6.13. The average Bonchev–Trinajstić information content (AvgIpc) is 2.48. The van der Waals surface area contributed by atoms with Crippen molar-refractivity contribution in [2.24, 2.45) is 0 Å². The van der Waals surface area contributed by atoms with Gasteiger partial charge >= 0.3 is 0 Å². The number of halogens is 3. The molecule has 0 bridgehead atoms. The molecule has 1 aromatic heterocycles. The molecule has 0 aliphatic heterocycles. The van der Waals surface area contributed by atoms with Gasteiger partial charge in [-0.3, -0.25) is 0 Å². The van der Waals surface area contributed by atoms with E-state index in [1.54, 1.807) is 4.68 Å². The van der Waals surface area contributed by atoms with Crippen LogP contribution in [0.4, 0.5) is 0 Å². The van der Waals surface area contributed by atoms with Gasteiger partial charge in [-0.2, -0.15) is 0 Å². The average molecular weight is 271 g/mol. The predicted molar refractivity (Wildman–Crippen MR) is 63.5 cm³/mol. The molecular weight excluding hydrogens is 256 g/mol. The minimum Gasteiger partial charge on any atom is -0.245 e. The highest BCUT2D eigenvalue weighted by molar-refractivity contribution is 6.66. The molecule has 0 spiro atoms. The zero-order valence-corrected chi connectivity index (χ0v) is 11.1. The number of alkyl halides is 3. The number of nitrogens with zero attached hydrogens (tertiary/aromatic N) is 3. The van der Waals surface area contributed by atoms with E-state index in [1.165, 1.54) is 0 Å². The van der Waals surface area contributed by atoms with E-state index in [0.717, 1.165) is 31.5 Å². The van der Waals surface area contributed by atoms with Crippen LogP contribution in [0.1, 0.15) is 38.1 Å². The van der Waals surface area contributed by atoms with Gasteiger partial charge in [0.2, 0.25) is 3.79 Å². The molecule has 3 nitrogen and oxygen atoms in total. The Kier molecular flexibility index (Phi) is 4.68. The van der Waals surface area contributed by atoms with Crippen molar-refractivity contribution in [1.82, 2.24) is 15.0 Å². The highest BCUT2D eigenvalue weighted by atomic mass is 35.6. The Morgan fingerprint density at radius 2 is 1.87 bits per heavy atom. The molecule has 86 valence electrons. The number of rotatable bonds is 4. The normalized spacial score (nSPS) is 12.1. The molecule has 6 heteroatoms. The molecule has 0 saturated carbocycles. The Bertz CT molecular complexity index is 293. The molecule has 0 aliphatic rings. The standard InChI is InChI=1S/C9H14Cl3N3/c1-3-5-7-8(9(10,11)12)15(6-4-2)14-13-7/h3-6H2,1-2H3. The predicted octanol–water partition coefficient (Wildman–Crippen LogP) is 3.47. The molecule has 0 atom stereocenters. The molecule has 0 aromatic carbocycles. The number of aryl methyl sites for hydroxylation is 2. The Hall–Kier alpha value is 0.01000. The maximum Gasteiger partial charge on any atom is 0.234 e. The lowest BCUT2D eigenvalue weighted by atomic mass is 10.2. The van der Waals surface area contributed by atoms with Crippen LogP contribution in [0.3, 0.4) is 0 Å². The zero-order valence-electron chi connectivity index (χ0n) is 8.80. The molecule has 1 heterocycles. The SMILES string of the molecule is CCCc1nnn(CCC)c1C(Cl)(Cl)Cl.